The number of aromatic nitrogens is 3. The Labute approximate surface area is 221 Å². The molecule has 1 saturated heterocycles. The van der Waals surface area contributed by atoms with Gasteiger partial charge in [-0.2, -0.15) is 0 Å². The highest BCUT2D eigenvalue weighted by atomic mass is 16.5. The summed E-state index contributed by atoms with van der Waals surface area (Å²) in [5.74, 6) is -1.84. The number of ether oxygens (including phenoxy) is 1. The lowest BCUT2D eigenvalue weighted by molar-refractivity contribution is -0.159. The van der Waals surface area contributed by atoms with E-state index in [0.29, 0.717) is 17.1 Å². The number of anilines is 1. The normalized spacial score (nSPS) is 13.9. The molecule has 0 aliphatic carbocycles. The first kappa shape index (κ1) is 32.3. The van der Waals surface area contributed by atoms with Crippen LogP contribution in [0, 0.1) is 0 Å². The highest BCUT2D eigenvalue weighted by molar-refractivity contribution is 6.27. The molecule has 210 valence electrons. The number of fused-ring (bicyclic) bond motifs is 1. The summed E-state index contributed by atoms with van der Waals surface area (Å²) in [4.78, 5) is 35.9. The van der Waals surface area contributed by atoms with E-state index in [1.807, 2.05) is 65.2 Å². The van der Waals surface area contributed by atoms with Crippen LogP contribution in [0.3, 0.4) is 0 Å². The summed E-state index contributed by atoms with van der Waals surface area (Å²) in [5, 5.41) is 18.2. The van der Waals surface area contributed by atoms with Gasteiger partial charge in [0.25, 0.3) is 0 Å². The van der Waals surface area contributed by atoms with Crippen molar-refractivity contribution in [3.8, 4) is 17.2 Å². The lowest BCUT2D eigenvalue weighted by Gasteiger charge is -2.23. The number of carbonyl (C=O) groups is 2. The van der Waals surface area contributed by atoms with Crippen LogP contribution in [0.4, 0.5) is 5.82 Å². The van der Waals surface area contributed by atoms with E-state index >= 15 is 0 Å². The molecule has 2 aromatic carbocycles. The standard InChI is InChI=1S/C23H23N5O2.C2H2O4.3H2O/c24-22-21-20(12-14-26-22)27(17-5-4-13-25-15-17)23(29)28(21)16-8-10-19(11-9-16)30-18-6-2-1-3-7-18;3-1(4)2(5)6;;;/h1-3,6-12,14,17,25H,4-5,13,15H2,(H2,24,26);(H,3,4)(H,5,6);3*1H2/t17-;;;;/m1..../s1. The molecule has 11 N–H and O–H groups in total. The van der Waals surface area contributed by atoms with Crippen molar-refractivity contribution in [2.24, 2.45) is 0 Å². The number of nitrogens with two attached hydrogens (primary N) is 1. The molecule has 1 fully saturated rings. The molecule has 1 aliphatic rings. The highest BCUT2D eigenvalue weighted by Crippen LogP contribution is 2.28. The van der Waals surface area contributed by atoms with Gasteiger partial charge in [0, 0.05) is 12.7 Å². The van der Waals surface area contributed by atoms with E-state index in [9.17, 15) is 4.79 Å². The topological polar surface area (TPSA) is 256 Å². The Morgan fingerprint density at radius 3 is 2.13 bits per heavy atom. The lowest BCUT2D eigenvalue weighted by atomic mass is 10.1. The molecule has 4 aromatic rings. The average molecular weight is 546 g/mol. The molecule has 0 saturated carbocycles. The molecular weight excluding hydrogens is 514 g/mol. The van der Waals surface area contributed by atoms with Gasteiger partial charge in [0.05, 0.1) is 17.2 Å². The Hall–Kier alpha value is -4.76. The van der Waals surface area contributed by atoms with Crippen LogP contribution in [0.2, 0.25) is 0 Å². The first-order valence-corrected chi connectivity index (χ1v) is 11.2. The number of hydrogen-bond donors (Lipinski definition) is 4. The minimum Gasteiger partial charge on any atom is -0.473 e. The Morgan fingerprint density at radius 1 is 0.949 bits per heavy atom. The number of para-hydroxylation sites is 1. The number of carboxylic acids is 2. The molecule has 14 heteroatoms. The van der Waals surface area contributed by atoms with Gasteiger partial charge in [0.15, 0.2) is 0 Å². The van der Waals surface area contributed by atoms with Crippen LogP contribution in [0.5, 0.6) is 11.5 Å². The van der Waals surface area contributed by atoms with Crippen molar-refractivity contribution in [1.82, 2.24) is 19.4 Å². The zero-order valence-electron chi connectivity index (χ0n) is 20.7. The molecule has 14 nitrogen and oxygen atoms in total. The van der Waals surface area contributed by atoms with E-state index in [4.69, 9.17) is 30.3 Å². The van der Waals surface area contributed by atoms with Crippen LogP contribution < -0.4 is 21.5 Å². The molecule has 0 bridgehead atoms. The van der Waals surface area contributed by atoms with E-state index in [2.05, 4.69) is 10.3 Å². The van der Waals surface area contributed by atoms with Gasteiger partial charge < -0.3 is 42.4 Å². The van der Waals surface area contributed by atoms with E-state index < -0.39 is 11.9 Å². The predicted molar refractivity (Wildman–Crippen MR) is 144 cm³/mol. The number of nitrogens with zero attached hydrogens (tertiary/aromatic N) is 3. The van der Waals surface area contributed by atoms with Crippen molar-refractivity contribution in [3.05, 3.63) is 77.3 Å². The zero-order valence-corrected chi connectivity index (χ0v) is 20.7. The van der Waals surface area contributed by atoms with Crippen LogP contribution in [0.1, 0.15) is 18.9 Å². The van der Waals surface area contributed by atoms with Crippen LogP contribution in [-0.4, -0.2) is 65.8 Å². The second-order valence-corrected chi connectivity index (χ2v) is 8.07. The fraction of sp³-hybridized carbons (Fsp3) is 0.200. The van der Waals surface area contributed by atoms with Crippen LogP contribution in [-0.2, 0) is 9.59 Å². The van der Waals surface area contributed by atoms with E-state index in [-0.39, 0.29) is 28.2 Å². The van der Waals surface area contributed by atoms with Gasteiger partial charge in [-0.15, -0.1) is 0 Å². The first-order chi connectivity index (χ1) is 17.4. The van der Waals surface area contributed by atoms with Gasteiger partial charge in [-0.1, -0.05) is 18.2 Å². The van der Waals surface area contributed by atoms with Gasteiger partial charge in [0.1, 0.15) is 22.8 Å². The Balaban J connectivity index is 0.000000766. The van der Waals surface area contributed by atoms with Gasteiger partial charge >= 0.3 is 17.6 Å². The van der Waals surface area contributed by atoms with Gasteiger partial charge in [0.2, 0.25) is 0 Å². The van der Waals surface area contributed by atoms with Crippen molar-refractivity contribution in [3.63, 3.8) is 0 Å². The second kappa shape index (κ2) is 14.3. The summed E-state index contributed by atoms with van der Waals surface area (Å²) in [6, 6.07) is 19.0. The molecule has 5 rings (SSSR count). The molecule has 0 spiro atoms. The predicted octanol–water partition coefficient (Wildman–Crippen LogP) is 0.168. The zero-order chi connectivity index (χ0) is 25.7. The highest BCUT2D eigenvalue weighted by Gasteiger charge is 2.24. The Bertz CT molecular complexity index is 1420. The molecule has 1 aliphatic heterocycles. The minimum atomic E-state index is -1.82. The number of hydrogen-bond acceptors (Lipinski definition) is 7. The average Bonchev–Trinajstić information content (AvgIpc) is 3.19. The number of carboxylic acid groups (broad SMARTS) is 2. The largest absolute Gasteiger partial charge is 0.473 e. The minimum absolute atomic E-state index is 0. The SMILES string of the molecule is Nc1nccc2c1n(-c1ccc(Oc3ccccc3)cc1)c(=O)n2[C@@H]1CCCNC1.O.O.O.O=C(O)C(=O)O. The van der Waals surface area contributed by atoms with Crippen molar-refractivity contribution in [1.29, 1.82) is 0 Å². The summed E-state index contributed by atoms with van der Waals surface area (Å²) in [5.41, 5.74) is 8.30. The fourth-order valence-corrected chi connectivity index (χ4v) is 4.12. The summed E-state index contributed by atoms with van der Waals surface area (Å²) >= 11 is 0. The van der Waals surface area contributed by atoms with Crippen molar-refractivity contribution < 1.29 is 41.0 Å². The van der Waals surface area contributed by atoms with Crippen LogP contribution in [0.25, 0.3) is 16.7 Å². The van der Waals surface area contributed by atoms with Crippen molar-refractivity contribution in [2.45, 2.75) is 18.9 Å². The summed E-state index contributed by atoms with van der Waals surface area (Å²) in [6.45, 7) is 1.75. The number of piperidine rings is 1. The summed E-state index contributed by atoms with van der Waals surface area (Å²) in [6.07, 6.45) is 3.65. The van der Waals surface area contributed by atoms with Crippen LogP contribution >= 0.6 is 0 Å². The number of nitrogens with one attached hydrogen (secondary N) is 1. The second-order valence-electron chi connectivity index (χ2n) is 8.07. The van der Waals surface area contributed by atoms with Crippen LogP contribution in [0.15, 0.2) is 71.7 Å². The molecule has 0 amide bonds. The molecule has 3 heterocycles. The number of nitrogen functional groups attached to an aromatic ring is 1. The number of pyridine rings is 1. The first-order valence-electron chi connectivity index (χ1n) is 11.2. The Kier molecular flexibility index (Phi) is 11.8. The molecule has 1 atom stereocenters. The maximum absolute atomic E-state index is 13.5. The molecule has 39 heavy (non-hydrogen) atoms. The summed E-state index contributed by atoms with van der Waals surface area (Å²) in [7, 11) is 0. The number of benzene rings is 2. The van der Waals surface area contributed by atoms with Gasteiger partial charge in [-0.25, -0.2) is 19.4 Å². The van der Waals surface area contributed by atoms with Crippen molar-refractivity contribution in [2.75, 3.05) is 18.8 Å². The fourth-order valence-electron chi connectivity index (χ4n) is 4.12. The maximum atomic E-state index is 13.5. The molecule has 0 radical (unpaired) electrons. The van der Waals surface area contributed by atoms with Gasteiger partial charge in [-0.05, 0) is 61.9 Å². The maximum Gasteiger partial charge on any atom is 0.414 e. The van der Waals surface area contributed by atoms with E-state index in [1.165, 1.54) is 0 Å². The molecule has 0 unspecified atom stereocenters. The lowest BCUT2D eigenvalue weighted by Crippen LogP contribution is -2.36. The quantitative estimate of drug-likeness (QED) is 0.254. The Morgan fingerprint density at radius 2 is 1.56 bits per heavy atom. The molecule has 2 aromatic heterocycles. The van der Waals surface area contributed by atoms with Crippen molar-refractivity contribution >= 4 is 28.8 Å². The van der Waals surface area contributed by atoms with E-state index in [1.54, 1.807) is 10.8 Å². The monoisotopic (exact) mass is 545 g/mol. The smallest absolute Gasteiger partial charge is 0.414 e. The van der Waals surface area contributed by atoms with E-state index in [0.717, 1.165) is 42.9 Å². The number of rotatable bonds is 4. The number of imidazole rings is 1. The summed E-state index contributed by atoms with van der Waals surface area (Å²) < 4.78 is 9.38. The third-order valence-electron chi connectivity index (χ3n) is 5.70. The third kappa shape index (κ3) is 7.18. The molecular formula is C25H31N5O9. The number of aliphatic carboxylic acids is 2. The third-order valence-corrected chi connectivity index (χ3v) is 5.70. The van der Waals surface area contributed by atoms with Gasteiger partial charge in [-0.3, -0.25) is 9.13 Å².